The number of sulfonamides is 1. The lowest BCUT2D eigenvalue weighted by Crippen LogP contribution is -2.27. The number of carbonyl (C=O) groups is 1. The van der Waals surface area contributed by atoms with Gasteiger partial charge < -0.3 is 9.30 Å². The van der Waals surface area contributed by atoms with Crippen molar-refractivity contribution in [1.29, 1.82) is 0 Å². The molecule has 1 atom stereocenters. The molecule has 126 valence electrons. The van der Waals surface area contributed by atoms with E-state index in [1.165, 1.54) is 28.2 Å². The molecule has 8 heteroatoms. The predicted molar refractivity (Wildman–Crippen MR) is 89.0 cm³/mol. The highest BCUT2D eigenvalue weighted by Crippen LogP contribution is 2.24. The second-order valence-electron chi connectivity index (χ2n) is 4.99. The van der Waals surface area contributed by atoms with Crippen molar-refractivity contribution in [2.45, 2.75) is 31.2 Å². The normalized spacial score (nSPS) is 13.0. The first-order chi connectivity index (χ1) is 10.9. The van der Waals surface area contributed by atoms with E-state index in [2.05, 4.69) is 4.72 Å². The second kappa shape index (κ2) is 7.29. The third-order valence-corrected chi connectivity index (χ3v) is 5.79. The first-order valence-electron chi connectivity index (χ1n) is 7.28. The van der Waals surface area contributed by atoms with Gasteiger partial charge in [0.15, 0.2) is 0 Å². The molecule has 2 aromatic heterocycles. The fourth-order valence-corrected chi connectivity index (χ4v) is 4.48. The highest BCUT2D eigenvalue weighted by atomic mass is 32.2. The van der Waals surface area contributed by atoms with Gasteiger partial charge in [-0.3, -0.25) is 0 Å². The Hall–Kier alpha value is -1.64. The standard InChI is InChI=1S/C15H20N2O4S2/c1-4-12(14-7-6-8-22-14)16-23(19,20)11-9-13(17(3)10-11)15(18)21-5-2/h6-10,12,16H,4-5H2,1-3H3/t12-/m1/s1. The Kier molecular flexibility index (Phi) is 5.61. The lowest BCUT2D eigenvalue weighted by Gasteiger charge is -2.14. The zero-order chi connectivity index (χ0) is 17.0. The molecular formula is C15H20N2O4S2. The van der Waals surface area contributed by atoms with Crippen molar-refractivity contribution in [1.82, 2.24) is 9.29 Å². The highest BCUT2D eigenvalue weighted by Gasteiger charge is 2.24. The molecule has 0 saturated heterocycles. The van der Waals surface area contributed by atoms with Gasteiger partial charge in [-0.05, 0) is 30.9 Å². The molecule has 0 aromatic carbocycles. The van der Waals surface area contributed by atoms with Crippen LogP contribution in [0.3, 0.4) is 0 Å². The molecule has 1 N–H and O–H groups in total. The van der Waals surface area contributed by atoms with Gasteiger partial charge in [-0.15, -0.1) is 11.3 Å². The van der Waals surface area contributed by atoms with E-state index >= 15 is 0 Å². The van der Waals surface area contributed by atoms with Crippen LogP contribution < -0.4 is 4.72 Å². The number of hydrogen-bond acceptors (Lipinski definition) is 5. The van der Waals surface area contributed by atoms with E-state index in [0.29, 0.717) is 6.42 Å². The number of rotatable bonds is 7. The first-order valence-corrected chi connectivity index (χ1v) is 9.64. The van der Waals surface area contributed by atoms with Crippen molar-refractivity contribution < 1.29 is 17.9 Å². The molecule has 0 aliphatic carbocycles. The summed E-state index contributed by atoms with van der Waals surface area (Å²) >= 11 is 1.51. The molecular weight excluding hydrogens is 336 g/mol. The molecule has 2 heterocycles. The van der Waals surface area contributed by atoms with E-state index in [1.807, 2.05) is 24.4 Å². The topological polar surface area (TPSA) is 77.4 Å². The van der Waals surface area contributed by atoms with Crippen LogP contribution in [0.5, 0.6) is 0 Å². The minimum atomic E-state index is -3.72. The number of ether oxygens (including phenoxy) is 1. The fourth-order valence-electron chi connectivity index (χ4n) is 2.18. The molecule has 0 amide bonds. The predicted octanol–water partition coefficient (Wildman–Crippen LogP) is 2.69. The molecule has 23 heavy (non-hydrogen) atoms. The summed E-state index contributed by atoms with van der Waals surface area (Å²) in [6.07, 6.45) is 2.05. The van der Waals surface area contributed by atoms with Gasteiger partial charge in [0, 0.05) is 18.1 Å². The molecule has 0 radical (unpaired) electrons. The zero-order valence-electron chi connectivity index (χ0n) is 13.3. The van der Waals surface area contributed by atoms with Gasteiger partial charge >= 0.3 is 5.97 Å². The van der Waals surface area contributed by atoms with Crippen molar-refractivity contribution in [3.8, 4) is 0 Å². The Bertz CT molecular complexity index is 764. The average molecular weight is 356 g/mol. The van der Waals surface area contributed by atoms with E-state index in [9.17, 15) is 13.2 Å². The summed E-state index contributed by atoms with van der Waals surface area (Å²) in [6, 6.07) is 4.84. The van der Waals surface area contributed by atoms with Crippen molar-refractivity contribution in [2.24, 2.45) is 7.05 Å². The molecule has 0 bridgehead atoms. The van der Waals surface area contributed by atoms with Gasteiger partial charge in [0.2, 0.25) is 10.0 Å². The number of nitrogens with zero attached hydrogens (tertiary/aromatic N) is 1. The van der Waals surface area contributed by atoms with Crippen LogP contribution in [-0.4, -0.2) is 25.6 Å². The maximum Gasteiger partial charge on any atom is 0.354 e. The van der Waals surface area contributed by atoms with E-state index in [1.54, 1.807) is 14.0 Å². The highest BCUT2D eigenvalue weighted by molar-refractivity contribution is 7.89. The maximum atomic E-state index is 12.6. The van der Waals surface area contributed by atoms with Crippen LogP contribution in [-0.2, 0) is 21.8 Å². The van der Waals surface area contributed by atoms with E-state index in [0.717, 1.165) is 4.88 Å². The van der Waals surface area contributed by atoms with E-state index < -0.39 is 16.0 Å². The largest absolute Gasteiger partial charge is 0.461 e. The molecule has 0 aliphatic heterocycles. The van der Waals surface area contributed by atoms with E-state index in [-0.39, 0.29) is 23.2 Å². The lowest BCUT2D eigenvalue weighted by molar-refractivity contribution is 0.0515. The third-order valence-electron chi connectivity index (χ3n) is 3.37. The number of hydrogen-bond donors (Lipinski definition) is 1. The van der Waals surface area contributed by atoms with Crippen LogP contribution in [0.2, 0.25) is 0 Å². The van der Waals surface area contributed by atoms with Crippen molar-refractivity contribution in [2.75, 3.05) is 6.61 Å². The molecule has 0 unspecified atom stereocenters. The third kappa shape index (κ3) is 4.01. The Morgan fingerprint density at radius 1 is 1.43 bits per heavy atom. The smallest absolute Gasteiger partial charge is 0.354 e. The summed E-state index contributed by atoms with van der Waals surface area (Å²) in [4.78, 5) is 12.8. The molecule has 0 spiro atoms. The van der Waals surface area contributed by atoms with Crippen molar-refractivity contribution in [3.63, 3.8) is 0 Å². The summed E-state index contributed by atoms with van der Waals surface area (Å²) < 4.78 is 34.2. The average Bonchev–Trinajstić information content (AvgIpc) is 3.14. The van der Waals surface area contributed by atoms with Gasteiger partial charge in [-0.2, -0.15) is 0 Å². The Morgan fingerprint density at radius 3 is 2.74 bits per heavy atom. The molecule has 2 aromatic rings. The van der Waals surface area contributed by atoms with Gasteiger partial charge in [0.05, 0.1) is 12.6 Å². The van der Waals surface area contributed by atoms with Crippen molar-refractivity contribution >= 4 is 27.3 Å². The summed E-state index contributed by atoms with van der Waals surface area (Å²) in [5.41, 5.74) is 0.205. The molecule has 2 rings (SSSR count). The van der Waals surface area contributed by atoms with Gasteiger partial charge in [0.25, 0.3) is 0 Å². The van der Waals surface area contributed by atoms with E-state index in [4.69, 9.17) is 4.74 Å². The van der Waals surface area contributed by atoms with Crippen LogP contribution in [0.4, 0.5) is 0 Å². The summed E-state index contributed by atoms with van der Waals surface area (Å²) in [7, 11) is -2.11. The molecule has 0 aliphatic rings. The van der Waals surface area contributed by atoms with Gasteiger partial charge in [-0.1, -0.05) is 13.0 Å². The fraction of sp³-hybridized carbons (Fsp3) is 0.400. The maximum absolute atomic E-state index is 12.6. The number of aryl methyl sites for hydroxylation is 1. The lowest BCUT2D eigenvalue weighted by atomic mass is 10.2. The number of carbonyl (C=O) groups excluding carboxylic acids is 1. The number of esters is 1. The van der Waals surface area contributed by atoms with Crippen molar-refractivity contribution in [3.05, 3.63) is 40.3 Å². The number of thiophene rings is 1. The van der Waals surface area contributed by atoms with Gasteiger partial charge in [-0.25, -0.2) is 17.9 Å². The molecule has 0 saturated carbocycles. The van der Waals surface area contributed by atoms with Crippen LogP contribution in [0, 0.1) is 0 Å². The summed E-state index contributed by atoms with van der Waals surface area (Å²) in [5, 5.41) is 1.91. The van der Waals surface area contributed by atoms with Crippen LogP contribution >= 0.6 is 11.3 Å². The Balaban J connectivity index is 2.26. The molecule has 0 fully saturated rings. The van der Waals surface area contributed by atoms with Crippen LogP contribution in [0.1, 0.15) is 41.7 Å². The number of aromatic nitrogens is 1. The quantitative estimate of drug-likeness (QED) is 0.774. The monoisotopic (exact) mass is 356 g/mol. The summed E-state index contributed by atoms with van der Waals surface area (Å²) in [6.45, 7) is 3.86. The SMILES string of the molecule is CCOC(=O)c1cc(S(=O)(=O)N[C@H](CC)c2cccs2)cn1C. The minimum absolute atomic E-state index is 0.0538. The summed E-state index contributed by atoms with van der Waals surface area (Å²) in [5.74, 6) is -0.540. The van der Waals surface area contributed by atoms with Crippen LogP contribution in [0.15, 0.2) is 34.7 Å². The van der Waals surface area contributed by atoms with Gasteiger partial charge in [0.1, 0.15) is 10.6 Å². The molecule has 6 nitrogen and oxygen atoms in total. The van der Waals surface area contributed by atoms with Crippen LogP contribution in [0.25, 0.3) is 0 Å². The second-order valence-corrected chi connectivity index (χ2v) is 7.68. The first kappa shape index (κ1) is 17.7. The Morgan fingerprint density at radius 2 is 2.17 bits per heavy atom. The minimum Gasteiger partial charge on any atom is -0.461 e. The number of nitrogens with one attached hydrogen (secondary N) is 1. The zero-order valence-corrected chi connectivity index (χ0v) is 14.9. The Labute approximate surface area is 140 Å².